The number of rotatable bonds is 2. The lowest BCUT2D eigenvalue weighted by molar-refractivity contribution is -0.137. The third-order valence-corrected chi connectivity index (χ3v) is 3.12. The number of hydrogen-bond donors (Lipinski definition) is 1. The molecule has 112 valence electrons. The highest BCUT2D eigenvalue weighted by atomic mass is 19.4. The second-order valence-corrected chi connectivity index (χ2v) is 4.63. The Bertz CT molecular complexity index is 850. The van der Waals surface area contributed by atoms with Gasteiger partial charge < -0.3 is 0 Å². The topological polar surface area (TPSA) is 50.7 Å². The molecule has 0 unspecified atom stereocenters. The van der Waals surface area contributed by atoms with Crippen LogP contribution in [-0.4, -0.2) is 14.8 Å². The largest absolute Gasteiger partial charge is 0.416 e. The van der Waals surface area contributed by atoms with Crippen LogP contribution < -0.4 is 5.56 Å². The summed E-state index contributed by atoms with van der Waals surface area (Å²) >= 11 is 0. The third kappa shape index (κ3) is 2.65. The van der Waals surface area contributed by atoms with Crippen LogP contribution in [0.4, 0.5) is 13.2 Å². The number of benzene rings is 1. The van der Waals surface area contributed by atoms with Crippen molar-refractivity contribution in [3.05, 3.63) is 70.8 Å². The predicted octanol–water partition coefficient (Wildman–Crippen LogP) is 3.25. The number of aromatic nitrogens is 3. The van der Waals surface area contributed by atoms with Gasteiger partial charge in [0.15, 0.2) is 0 Å². The fourth-order valence-corrected chi connectivity index (χ4v) is 2.08. The zero-order valence-electron chi connectivity index (χ0n) is 11.1. The molecule has 0 bridgehead atoms. The van der Waals surface area contributed by atoms with E-state index in [4.69, 9.17) is 0 Å². The summed E-state index contributed by atoms with van der Waals surface area (Å²) in [5.41, 5.74) is 0.0170. The Morgan fingerprint density at radius 3 is 2.59 bits per heavy atom. The van der Waals surface area contributed by atoms with E-state index >= 15 is 0 Å². The van der Waals surface area contributed by atoms with E-state index in [0.29, 0.717) is 11.3 Å². The first-order valence-corrected chi connectivity index (χ1v) is 6.35. The summed E-state index contributed by atoms with van der Waals surface area (Å²) in [6.07, 6.45) is -1.31. The van der Waals surface area contributed by atoms with Crippen molar-refractivity contribution in [1.29, 1.82) is 0 Å². The van der Waals surface area contributed by atoms with Gasteiger partial charge in [0.25, 0.3) is 5.56 Å². The summed E-state index contributed by atoms with van der Waals surface area (Å²) in [4.78, 5) is 15.9. The molecule has 0 saturated heterocycles. The first kappa shape index (κ1) is 14.1. The summed E-state index contributed by atoms with van der Waals surface area (Å²) in [6.45, 7) is 0. The standard InChI is InChI=1S/C15H10F3N3O/c16-15(17,18)11-4-1-5-12(7-11)21-14(22)8-13(20-21)10-3-2-6-19-9-10/h1-9,20H. The maximum Gasteiger partial charge on any atom is 0.416 e. The van der Waals surface area contributed by atoms with Crippen LogP contribution in [0, 0.1) is 0 Å². The van der Waals surface area contributed by atoms with Crippen molar-refractivity contribution < 1.29 is 13.2 Å². The summed E-state index contributed by atoms with van der Waals surface area (Å²) < 4.78 is 39.3. The van der Waals surface area contributed by atoms with E-state index in [1.54, 1.807) is 24.5 Å². The van der Waals surface area contributed by atoms with Crippen LogP contribution in [0.25, 0.3) is 16.9 Å². The first-order chi connectivity index (χ1) is 10.4. The Morgan fingerprint density at radius 1 is 1.09 bits per heavy atom. The number of nitrogens with one attached hydrogen (secondary N) is 1. The van der Waals surface area contributed by atoms with Crippen molar-refractivity contribution in [3.63, 3.8) is 0 Å². The van der Waals surface area contributed by atoms with Gasteiger partial charge in [-0.3, -0.25) is 14.9 Å². The molecule has 2 heterocycles. The predicted molar refractivity (Wildman–Crippen MR) is 74.6 cm³/mol. The Morgan fingerprint density at radius 2 is 1.91 bits per heavy atom. The van der Waals surface area contributed by atoms with Crippen LogP contribution in [0.5, 0.6) is 0 Å². The fourth-order valence-electron chi connectivity index (χ4n) is 2.08. The maximum atomic E-state index is 12.7. The molecule has 0 radical (unpaired) electrons. The zero-order valence-corrected chi connectivity index (χ0v) is 11.1. The average molecular weight is 305 g/mol. The Hall–Kier alpha value is -2.83. The molecule has 22 heavy (non-hydrogen) atoms. The molecule has 3 aromatic rings. The number of halogens is 3. The van der Waals surface area contributed by atoms with Gasteiger partial charge in [0.2, 0.25) is 0 Å². The molecule has 0 fully saturated rings. The minimum atomic E-state index is -4.46. The van der Waals surface area contributed by atoms with Crippen molar-refractivity contribution in [1.82, 2.24) is 14.8 Å². The molecule has 0 aliphatic rings. The summed E-state index contributed by atoms with van der Waals surface area (Å²) in [5, 5.41) is 2.79. The lowest BCUT2D eigenvalue weighted by Crippen LogP contribution is -2.14. The van der Waals surface area contributed by atoms with Crippen molar-refractivity contribution in [3.8, 4) is 16.9 Å². The molecule has 0 amide bonds. The molecule has 0 spiro atoms. The Kier molecular flexibility index (Phi) is 3.32. The number of alkyl halides is 3. The van der Waals surface area contributed by atoms with Gasteiger partial charge in [-0.05, 0) is 30.3 Å². The van der Waals surface area contributed by atoms with E-state index in [2.05, 4.69) is 10.1 Å². The highest BCUT2D eigenvalue weighted by molar-refractivity contribution is 5.57. The van der Waals surface area contributed by atoms with E-state index in [1.807, 2.05) is 0 Å². The van der Waals surface area contributed by atoms with Gasteiger partial charge in [0.1, 0.15) is 0 Å². The van der Waals surface area contributed by atoms with Crippen molar-refractivity contribution in [2.75, 3.05) is 0 Å². The van der Waals surface area contributed by atoms with Gasteiger partial charge in [-0.1, -0.05) is 6.07 Å². The van der Waals surface area contributed by atoms with Gasteiger partial charge in [0.05, 0.1) is 16.9 Å². The Labute approximate surface area is 122 Å². The van der Waals surface area contributed by atoms with Gasteiger partial charge in [0, 0.05) is 24.0 Å². The number of hydrogen-bond acceptors (Lipinski definition) is 2. The Balaban J connectivity index is 2.07. The normalized spacial score (nSPS) is 11.6. The molecule has 0 atom stereocenters. The molecule has 0 aliphatic carbocycles. The zero-order chi connectivity index (χ0) is 15.7. The molecule has 4 nitrogen and oxygen atoms in total. The monoisotopic (exact) mass is 305 g/mol. The van der Waals surface area contributed by atoms with E-state index < -0.39 is 17.3 Å². The van der Waals surface area contributed by atoms with Crippen LogP contribution in [-0.2, 0) is 6.18 Å². The highest BCUT2D eigenvalue weighted by Crippen LogP contribution is 2.30. The summed E-state index contributed by atoms with van der Waals surface area (Å²) in [5.74, 6) is 0. The maximum absolute atomic E-state index is 12.7. The molecular formula is C15H10F3N3O. The minimum absolute atomic E-state index is 0.120. The van der Waals surface area contributed by atoms with Crippen LogP contribution in [0.15, 0.2) is 59.7 Å². The molecular weight excluding hydrogens is 295 g/mol. The number of nitrogens with zero attached hydrogens (tertiary/aromatic N) is 2. The van der Waals surface area contributed by atoms with Crippen molar-refractivity contribution in [2.24, 2.45) is 0 Å². The van der Waals surface area contributed by atoms with Gasteiger partial charge in [-0.25, -0.2) is 4.68 Å². The molecule has 0 saturated carbocycles. The lowest BCUT2D eigenvalue weighted by Gasteiger charge is -2.08. The number of aromatic amines is 1. The van der Waals surface area contributed by atoms with Crippen molar-refractivity contribution >= 4 is 0 Å². The van der Waals surface area contributed by atoms with Crippen molar-refractivity contribution in [2.45, 2.75) is 6.18 Å². The summed E-state index contributed by atoms with van der Waals surface area (Å²) in [6, 6.07) is 9.33. The lowest BCUT2D eigenvalue weighted by atomic mass is 10.2. The van der Waals surface area contributed by atoms with Gasteiger partial charge in [-0.15, -0.1) is 0 Å². The molecule has 3 rings (SSSR count). The quantitative estimate of drug-likeness (QED) is 0.790. The van der Waals surface area contributed by atoms with E-state index in [9.17, 15) is 18.0 Å². The second-order valence-electron chi connectivity index (χ2n) is 4.63. The molecule has 1 aromatic carbocycles. The van der Waals surface area contributed by atoms with E-state index in [0.717, 1.165) is 16.8 Å². The van der Waals surface area contributed by atoms with Gasteiger partial charge in [-0.2, -0.15) is 13.2 Å². The minimum Gasteiger partial charge on any atom is -0.290 e. The smallest absolute Gasteiger partial charge is 0.290 e. The molecule has 7 heteroatoms. The molecule has 1 N–H and O–H groups in total. The molecule has 0 aliphatic heterocycles. The second kappa shape index (κ2) is 5.18. The van der Waals surface area contributed by atoms with E-state index in [1.165, 1.54) is 18.2 Å². The average Bonchev–Trinajstić information content (AvgIpc) is 2.89. The number of pyridine rings is 1. The van der Waals surface area contributed by atoms with E-state index in [-0.39, 0.29) is 5.69 Å². The van der Waals surface area contributed by atoms with Gasteiger partial charge >= 0.3 is 6.18 Å². The first-order valence-electron chi connectivity index (χ1n) is 6.35. The van der Waals surface area contributed by atoms with Crippen LogP contribution in [0.2, 0.25) is 0 Å². The fraction of sp³-hybridized carbons (Fsp3) is 0.0667. The SMILES string of the molecule is O=c1cc(-c2cccnc2)[nH]n1-c1cccc(C(F)(F)F)c1. The molecule has 2 aromatic heterocycles. The van der Waals surface area contributed by atoms with Crippen LogP contribution in [0.3, 0.4) is 0 Å². The number of H-pyrrole nitrogens is 1. The van der Waals surface area contributed by atoms with Crippen LogP contribution in [0.1, 0.15) is 5.56 Å². The summed E-state index contributed by atoms with van der Waals surface area (Å²) in [7, 11) is 0. The third-order valence-electron chi connectivity index (χ3n) is 3.12. The highest BCUT2D eigenvalue weighted by Gasteiger charge is 2.30. The van der Waals surface area contributed by atoms with Crippen LogP contribution >= 0.6 is 0 Å².